The highest BCUT2D eigenvalue weighted by Gasteiger charge is 2.17. The second kappa shape index (κ2) is 6.99. The fourth-order valence-corrected chi connectivity index (χ4v) is 2.53. The van der Waals surface area contributed by atoms with Crippen LogP contribution in [0.4, 0.5) is 11.4 Å². The van der Waals surface area contributed by atoms with Crippen LogP contribution >= 0.6 is 0 Å². The largest absolute Gasteiger partial charge is 0.478 e. The first kappa shape index (κ1) is 16.9. The second-order valence-corrected chi connectivity index (χ2v) is 5.96. The first-order chi connectivity index (χ1) is 9.76. The Morgan fingerprint density at radius 2 is 2.10 bits per heavy atom. The summed E-state index contributed by atoms with van der Waals surface area (Å²) in [7, 11) is -3.43. The number of nitro groups is 1. The number of hydrogen-bond donors (Lipinski definition) is 3. The molecule has 0 fully saturated rings. The number of hydrogen-bond acceptors (Lipinski definition) is 6. The number of nitro benzene ring substituents is 1. The van der Waals surface area contributed by atoms with Crippen molar-refractivity contribution in [3.8, 4) is 0 Å². The lowest BCUT2D eigenvalue weighted by molar-refractivity contribution is -0.384. The zero-order chi connectivity index (χ0) is 16.0. The van der Waals surface area contributed by atoms with E-state index in [-0.39, 0.29) is 30.1 Å². The molecule has 1 aromatic carbocycles. The van der Waals surface area contributed by atoms with Crippen molar-refractivity contribution in [2.45, 2.75) is 6.92 Å². The number of anilines is 1. The van der Waals surface area contributed by atoms with Gasteiger partial charge < -0.3 is 10.4 Å². The third-order valence-corrected chi connectivity index (χ3v) is 3.96. The molecule has 10 heteroatoms. The van der Waals surface area contributed by atoms with Crippen LogP contribution in [-0.4, -0.2) is 43.3 Å². The van der Waals surface area contributed by atoms with Crippen molar-refractivity contribution in [1.82, 2.24) is 4.72 Å². The molecule has 0 spiro atoms. The quantitative estimate of drug-likeness (QED) is 0.472. The summed E-state index contributed by atoms with van der Waals surface area (Å²) in [6.45, 7) is 1.86. The Balaban J connectivity index is 2.84. The Morgan fingerprint density at radius 1 is 1.43 bits per heavy atom. The van der Waals surface area contributed by atoms with E-state index in [9.17, 15) is 23.3 Å². The molecule has 21 heavy (non-hydrogen) atoms. The van der Waals surface area contributed by atoms with Crippen molar-refractivity contribution < 1.29 is 23.2 Å². The fourth-order valence-electron chi connectivity index (χ4n) is 1.58. The van der Waals surface area contributed by atoms with Crippen LogP contribution in [0, 0.1) is 10.1 Å². The van der Waals surface area contributed by atoms with Gasteiger partial charge in [0.15, 0.2) is 0 Å². The fraction of sp³-hybridized carbons (Fsp3) is 0.364. The average Bonchev–Trinajstić information content (AvgIpc) is 2.38. The molecule has 1 aromatic rings. The monoisotopic (exact) mass is 317 g/mol. The number of rotatable bonds is 8. The minimum Gasteiger partial charge on any atom is -0.478 e. The van der Waals surface area contributed by atoms with E-state index >= 15 is 0 Å². The number of nitrogens with zero attached hydrogens (tertiary/aromatic N) is 1. The zero-order valence-electron chi connectivity index (χ0n) is 11.2. The number of nitrogens with one attached hydrogen (secondary N) is 2. The van der Waals surface area contributed by atoms with Gasteiger partial charge in [-0.2, -0.15) is 0 Å². The van der Waals surface area contributed by atoms with Crippen LogP contribution in [0.1, 0.15) is 17.3 Å². The molecule has 0 aliphatic heterocycles. The molecule has 116 valence electrons. The van der Waals surface area contributed by atoms with Crippen molar-refractivity contribution in [2.24, 2.45) is 0 Å². The standard InChI is InChI=1S/C11H15N3O6S/c1-2-13-21(19,20)6-5-12-9-4-3-8(11(15)16)7-10(9)14(17)18/h3-4,7,12-13H,2,5-6H2,1H3,(H,15,16). The number of aromatic carboxylic acids is 1. The maximum atomic E-state index is 11.4. The predicted octanol–water partition coefficient (Wildman–Crippen LogP) is 0.644. The van der Waals surface area contributed by atoms with Crippen LogP contribution in [0.15, 0.2) is 18.2 Å². The summed E-state index contributed by atoms with van der Waals surface area (Å²) in [4.78, 5) is 20.9. The van der Waals surface area contributed by atoms with E-state index in [0.717, 1.165) is 6.07 Å². The van der Waals surface area contributed by atoms with Crippen molar-refractivity contribution in [3.05, 3.63) is 33.9 Å². The van der Waals surface area contributed by atoms with Crippen LogP contribution in [0.5, 0.6) is 0 Å². The molecule has 0 bridgehead atoms. The molecule has 0 aliphatic carbocycles. The Hall–Kier alpha value is -2.20. The van der Waals surface area contributed by atoms with E-state index in [4.69, 9.17) is 5.11 Å². The van der Waals surface area contributed by atoms with E-state index in [1.54, 1.807) is 6.92 Å². The molecule has 0 aromatic heterocycles. The molecule has 0 heterocycles. The summed E-state index contributed by atoms with van der Waals surface area (Å²) in [5.74, 6) is -1.53. The molecule has 9 nitrogen and oxygen atoms in total. The Bertz CT molecular complexity index is 643. The van der Waals surface area contributed by atoms with E-state index < -0.39 is 26.6 Å². The average molecular weight is 317 g/mol. The van der Waals surface area contributed by atoms with Crippen molar-refractivity contribution in [1.29, 1.82) is 0 Å². The number of sulfonamides is 1. The summed E-state index contributed by atoms with van der Waals surface area (Å²) >= 11 is 0. The highest BCUT2D eigenvalue weighted by atomic mass is 32.2. The third kappa shape index (κ3) is 5.00. The van der Waals surface area contributed by atoms with Gasteiger partial charge in [0, 0.05) is 19.2 Å². The second-order valence-electron chi connectivity index (χ2n) is 4.04. The van der Waals surface area contributed by atoms with E-state index in [2.05, 4.69) is 10.0 Å². The van der Waals surface area contributed by atoms with Gasteiger partial charge in [-0.15, -0.1) is 0 Å². The third-order valence-electron chi connectivity index (χ3n) is 2.49. The minimum absolute atomic E-state index is 0.0391. The van der Waals surface area contributed by atoms with Gasteiger partial charge in [-0.25, -0.2) is 17.9 Å². The van der Waals surface area contributed by atoms with Gasteiger partial charge in [0.25, 0.3) is 5.69 Å². The Labute approximate surface area is 121 Å². The molecular weight excluding hydrogens is 302 g/mol. The van der Waals surface area contributed by atoms with E-state index in [1.165, 1.54) is 12.1 Å². The highest BCUT2D eigenvalue weighted by molar-refractivity contribution is 7.89. The lowest BCUT2D eigenvalue weighted by Gasteiger charge is -2.08. The molecule has 0 aliphatic rings. The van der Waals surface area contributed by atoms with Crippen LogP contribution in [-0.2, 0) is 10.0 Å². The minimum atomic E-state index is -3.43. The molecule has 0 saturated carbocycles. The van der Waals surface area contributed by atoms with Gasteiger partial charge in [-0.3, -0.25) is 10.1 Å². The van der Waals surface area contributed by atoms with Crippen molar-refractivity contribution in [2.75, 3.05) is 24.2 Å². The number of carboxylic acids is 1. The van der Waals surface area contributed by atoms with Gasteiger partial charge in [0.05, 0.1) is 16.2 Å². The first-order valence-corrected chi connectivity index (χ1v) is 7.65. The smallest absolute Gasteiger partial charge is 0.335 e. The summed E-state index contributed by atoms with van der Waals surface area (Å²) in [6.07, 6.45) is 0. The maximum absolute atomic E-state index is 11.4. The molecule has 1 rings (SSSR count). The maximum Gasteiger partial charge on any atom is 0.335 e. The van der Waals surface area contributed by atoms with E-state index in [1.807, 2.05) is 0 Å². The summed E-state index contributed by atoms with van der Waals surface area (Å²) in [5.41, 5.74) is -0.569. The normalized spacial score (nSPS) is 11.1. The van der Waals surface area contributed by atoms with Gasteiger partial charge in [-0.1, -0.05) is 6.92 Å². The van der Waals surface area contributed by atoms with Gasteiger partial charge >= 0.3 is 5.97 Å². The van der Waals surface area contributed by atoms with Gasteiger partial charge in [0.2, 0.25) is 10.0 Å². The number of carbonyl (C=O) groups is 1. The van der Waals surface area contributed by atoms with Crippen molar-refractivity contribution in [3.63, 3.8) is 0 Å². The van der Waals surface area contributed by atoms with Crippen LogP contribution in [0.2, 0.25) is 0 Å². The highest BCUT2D eigenvalue weighted by Crippen LogP contribution is 2.25. The predicted molar refractivity (Wildman–Crippen MR) is 76.0 cm³/mol. The zero-order valence-corrected chi connectivity index (χ0v) is 12.0. The van der Waals surface area contributed by atoms with Crippen LogP contribution in [0.25, 0.3) is 0 Å². The van der Waals surface area contributed by atoms with Crippen LogP contribution in [0.3, 0.4) is 0 Å². The summed E-state index contributed by atoms with van der Waals surface area (Å²) in [5, 5.41) is 22.3. The molecule has 0 amide bonds. The SMILES string of the molecule is CCNS(=O)(=O)CCNc1ccc(C(=O)O)cc1[N+](=O)[O-]. The van der Waals surface area contributed by atoms with Crippen LogP contribution < -0.4 is 10.0 Å². The molecular formula is C11H15N3O6S. The Morgan fingerprint density at radius 3 is 2.62 bits per heavy atom. The molecule has 0 saturated heterocycles. The lowest BCUT2D eigenvalue weighted by atomic mass is 10.1. The molecule has 0 atom stereocenters. The Kier molecular flexibility index (Phi) is 5.61. The summed E-state index contributed by atoms with van der Waals surface area (Å²) < 4.78 is 25.1. The molecule has 0 unspecified atom stereocenters. The van der Waals surface area contributed by atoms with Crippen molar-refractivity contribution >= 4 is 27.4 Å². The number of benzene rings is 1. The molecule has 3 N–H and O–H groups in total. The topological polar surface area (TPSA) is 139 Å². The summed E-state index contributed by atoms with van der Waals surface area (Å²) in [6, 6.07) is 3.36. The first-order valence-electron chi connectivity index (χ1n) is 5.99. The number of carboxylic acid groups (broad SMARTS) is 1. The van der Waals surface area contributed by atoms with Gasteiger partial charge in [-0.05, 0) is 12.1 Å². The van der Waals surface area contributed by atoms with E-state index in [0.29, 0.717) is 0 Å². The molecule has 0 radical (unpaired) electrons. The van der Waals surface area contributed by atoms with Gasteiger partial charge in [0.1, 0.15) is 5.69 Å². The lowest BCUT2D eigenvalue weighted by Crippen LogP contribution is -2.29.